The number of hydrogen-bond acceptors (Lipinski definition) is 6. The van der Waals surface area contributed by atoms with Crippen molar-refractivity contribution >= 4 is 11.7 Å². The molecule has 0 aliphatic rings. The van der Waals surface area contributed by atoms with Crippen LogP contribution in [0.2, 0.25) is 0 Å². The lowest BCUT2D eigenvalue weighted by Crippen LogP contribution is -2.27. The number of ketones is 1. The first-order valence-electron chi connectivity index (χ1n) is 9.52. The number of rotatable bonds is 9. The van der Waals surface area contributed by atoms with E-state index in [4.69, 9.17) is 4.74 Å². The van der Waals surface area contributed by atoms with Gasteiger partial charge >= 0.3 is 6.18 Å². The lowest BCUT2D eigenvalue weighted by molar-refractivity contribution is -0.153. The SMILES string of the molecule is COc1cc(C(C)NC(=O)c2ccc(OCC(F)(F)F)cn2)cc(CC(=O)C(C)C)n1. The van der Waals surface area contributed by atoms with Crippen LogP contribution in [0.5, 0.6) is 11.6 Å². The van der Waals surface area contributed by atoms with Crippen molar-refractivity contribution in [2.45, 2.75) is 39.4 Å². The molecule has 0 aromatic carbocycles. The molecule has 0 spiro atoms. The van der Waals surface area contributed by atoms with Gasteiger partial charge in [0.2, 0.25) is 5.88 Å². The fourth-order valence-corrected chi connectivity index (χ4v) is 2.53. The van der Waals surface area contributed by atoms with Crippen LogP contribution >= 0.6 is 0 Å². The van der Waals surface area contributed by atoms with E-state index < -0.39 is 24.7 Å². The quantitative estimate of drug-likeness (QED) is 0.641. The topological polar surface area (TPSA) is 90.4 Å². The predicted molar refractivity (Wildman–Crippen MR) is 106 cm³/mol. The zero-order valence-electron chi connectivity index (χ0n) is 17.6. The molecule has 10 heteroatoms. The van der Waals surface area contributed by atoms with Gasteiger partial charge in [-0.05, 0) is 30.7 Å². The Kier molecular flexibility index (Phi) is 7.95. The van der Waals surface area contributed by atoms with E-state index >= 15 is 0 Å². The predicted octanol–water partition coefficient (Wildman–Crippen LogP) is 3.68. The summed E-state index contributed by atoms with van der Waals surface area (Å²) in [6.07, 6.45) is -3.27. The van der Waals surface area contributed by atoms with E-state index in [0.29, 0.717) is 17.1 Å². The molecule has 1 unspecified atom stereocenters. The third kappa shape index (κ3) is 7.54. The van der Waals surface area contributed by atoms with Gasteiger partial charge in [0, 0.05) is 18.4 Å². The maximum atomic E-state index is 12.5. The van der Waals surface area contributed by atoms with Crippen molar-refractivity contribution in [3.05, 3.63) is 47.4 Å². The van der Waals surface area contributed by atoms with Gasteiger partial charge in [0.1, 0.15) is 17.2 Å². The van der Waals surface area contributed by atoms with Crippen molar-refractivity contribution in [2.24, 2.45) is 5.92 Å². The van der Waals surface area contributed by atoms with Crippen LogP contribution in [0.15, 0.2) is 30.5 Å². The molecule has 7 nitrogen and oxygen atoms in total. The smallest absolute Gasteiger partial charge is 0.422 e. The standard InChI is InChI=1S/C21H24F3N3O4/c1-12(2)18(28)9-15-7-14(8-19(27-15)30-4)13(3)26-20(29)17-6-5-16(10-25-17)31-11-21(22,23)24/h5-8,10,12-13H,9,11H2,1-4H3,(H,26,29). The number of Topliss-reactive ketones (excluding diaryl/α,β-unsaturated/α-hetero) is 1. The van der Waals surface area contributed by atoms with E-state index in [9.17, 15) is 22.8 Å². The Balaban J connectivity index is 2.09. The van der Waals surface area contributed by atoms with Crippen molar-refractivity contribution in [3.8, 4) is 11.6 Å². The second-order valence-corrected chi connectivity index (χ2v) is 7.21. The number of amides is 1. The summed E-state index contributed by atoms with van der Waals surface area (Å²) in [5.74, 6) is -0.414. The summed E-state index contributed by atoms with van der Waals surface area (Å²) >= 11 is 0. The molecule has 0 fully saturated rings. The van der Waals surface area contributed by atoms with Gasteiger partial charge in [-0.1, -0.05) is 13.8 Å². The van der Waals surface area contributed by atoms with Gasteiger partial charge in [-0.2, -0.15) is 13.2 Å². The Bertz CT molecular complexity index is 915. The van der Waals surface area contributed by atoms with E-state index in [1.54, 1.807) is 32.9 Å². The fourth-order valence-electron chi connectivity index (χ4n) is 2.53. The minimum atomic E-state index is -4.46. The van der Waals surface area contributed by atoms with Crippen LogP contribution < -0.4 is 14.8 Å². The highest BCUT2D eigenvalue weighted by Crippen LogP contribution is 2.21. The van der Waals surface area contributed by atoms with Crippen LogP contribution in [-0.4, -0.2) is 41.6 Å². The zero-order chi connectivity index (χ0) is 23.2. The number of halogens is 3. The number of aromatic nitrogens is 2. The first-order chi connectivity index (χ1) is 14.5. The van der Waals surface area contributed by atoms with Crippen LogP contribution in [-0.2, 0) is 11.2 Å². The first-order valence-corrected chi connectivity index (χ1v) is 9.52. The molecule has 0 bridgehead atoms. The van der Waals surface area contributed by atoms with Gasteiger partial charge in [-0.15, -0.1) is 0 Å². The molecule has 0 aliphatic carbocycles. The summed E-state index contributed by atoms with van der Waals surface area (Å²) < 4.78 is 46.4. The third-order valence-corrected chi connectivity index (χ3v) is 4.30. The van der Waals surface area contributed by atoms with Crippen LogP contribution in [0, 0.1) is 5.92 Å². The van der Waals surface area contributed by atoms with Gasteiger partial charge in [-0.3, -0.25) is 9.59 Å². The molecule has 2 heterocycles. The summed E-state index contributed by atoms with van der Waals surface area (Å²) in [6, 6.07) is 5.41. The van der Waals surface area contributed by atoms with Crippen LogP contribution in [0.25, 0.3) is 0 Å². The first kappa shape index (κ1) is 24.1. The van der Waals surface area contributed by atoms with Crippen molar-refractivity contribution in [2.75, 3.05) is 13.7 Å². The molecule has 2 aromatic heterocycles. The highest BCUT2D eigenvalue weighted by atomic mass is 19.4. The lowest BCUT2D eigenvalue weighted by Gasteiger charge is -2.16. The summed E-state index contributed by atoms with van der Waals surface area (Å²) in [6.45, 7) is 3.90. The number of pyridine rings is 2. The third-order valence-electron chi connectivity index (χ3n) is 4.30. The minimum Gasteiger partial charge on any atom is -0.483 e. The molecule has 31 heavy (non-hydrogen) atoms. The number of carbonyl (C=O) groups excluding carboxylic acids is 2. The Hall–Kier alpha value is -3.17. The Labute approximate surface area is 178 Å². The molecule has 0 radical (unpaired) electrons. The molecule has 168 valence electrons. The Morgan fingerprint density at radius 2 is 1.87 bits per heavy atom. The molecule has 1 amide bonds. The second-order valence-electron chi connectivity index (χ2n) is 7.21. The minimum absolute atomic E-state index is 0.0161. The summed E-state index contributed by atoms with van der Waals surface area (Å²) in [5.41, 5.74) is 1.22. The van der Waals surface area contributed by atoms with E-state index in [-0.39, 0.29) is 29.6 Å². The normalized spacial score (nSPS) is 12.4. The van der Waals surface area contributed by atoms with Gasteiger partial charge in [0.15, 0.2) is 6.61 Å². The maximum Gasteiger partial charge on any atom is 0.422 e. The van der Waals surface area contributed by atoms with E-state index in [0.717, 1.165) is 6.20 Å². The molecule has 0 saturated heterocycles. The zero-order valence-corrected chi connectivity index (χ0v) is 17.6. The molecular formula is C21H24F3N3O4. The second kappa shape index (κ2) is 10.2. The average molecular weight is 439 g/mol. The van der Waals surface area contributed by atoms with Gasteiger partial charge in [0.05, 0.1) is 25.0 Å². The number of carbonyl (C=O) groups is 2. The summed E-state index contributed by atoms with van der Waals surface area (Å²) in [7, 11) is 1.45. The van der Waals surface area contributed by atoms with Gasteiger partial charge in [-0.25, -0.2) is 9.97 Å². The van der Waals surface area contributed by atoms with E-state index in [1.165, 1.54) is 19.2 Å². The number of ether oxygens (including phenoxy) is 2. The Morgan fingerprint density at radius 1 is 1.16 bits per heavy atom. The number of methoxy groups -OCH3 is 1. The summed E-state index contributed by atoms with van der Waals surface area (Å²) in [5, 5.41) is 2.75. The lowest BCUT2D eigenvalue weighted by atomic mass is 10.0. The number of nitrogens with zero attached hydrogens (tertiary/aromatic N) is 2. The number of nitrogens with one attached hydrogen (secondary N) is 1. The monoisotopic (exact) mass is 439 g/mol. The number of hydrogen-bond donors (Lipinski definition) is 1. The van der Waals surface area contributed by atoms with E-state index in [1.807, 2.05) is 0 Å². The molecule has 0 saturated carbocycles. The van der Waals surface area contributed by atoms with Crippen molar-refractivity contribution < 1.29 is 32.2 Å². The molecular weight excluding hydrogens is 415 g/mol. The van der Waals surface area contributed by atoms with Crippen molar-refractivity contribution in [1.29, 1.82) is 0 Å². The van der Waals surface area contributed by atoms with Crippen molar-refractivity contribution in [3.63, 3.8) is 0 Å². The maximum absolute atomic E-state index is 12.5. The summed E-state index contributed by atoms with van der Waals surface area (Å²) in [4.78, 5) is 32.6. The Morgan fingerprint density at radius 3 is 2.42 bits per heavy atom. The molecule has 1 atom stereocenters. The largest absolute Gasteiger partial charge is 0.483 e. The molecule has 1 N–H and O–H groups in total. The molecule has 2 rings (SSSR count). The van der Waals surface area contributed by atoms with E-state index in [2.05, 4.69) is 20.0 Å². The average Bonchev–Trinajstić information content (AvgIpc) is 2.71. The molecule has 2 aromatic rings. The number of alkyl halides is 3. The van der Waals surface area contributed by atoms with Crippen molar-refractivity contribution in [1.82, 2.24) is 15.3 Å². The van der Waals surface area contributed by atoms with Gasteiger partial charge < -0.3 is 14.8 Å². The van der Waals surface area contributed by atoms with Crippen LogP contribution in [0.4, 0.5) is 13.2 Å². The van der Waals surface area contributed by atoms with Crippen LogP contribution in [0.3, 0.4) is 0 Å². The van der Waals surface area contributed by atoms with Gasteiger partial charge in [0.25, 0.3) is 5.91 Å². The highest BCUT2D eigenvalue weighted by molar-refractivity contribution is 5.92. The highest BCUT2D eigenvalue weighted by Gasteiger charge is 2.28. The molecule has 0 aliphatic heterocycles. The fraction of sp³-hybridized carbons (Fsp3) is 0.429. The van der Waals surface area contributed by atoms with Crippen LogP contribution in [0.1, 0.15) is 48.6 Å².